The van der Waals surface area contributed by atoms with Crippen molar-refractivity contribution in [3.63, 3.8) is 0 Å². The van der Waals surface area contributed by atoms with Gasteiger partial charge in [0, 0.05) is 38.3 Å². The third kappa shape index (κ3) is 3.86. The maximum absolute atomic E-state index is 6.28. The van der Waals surface area contributed by atoms with E-state index in [4.69, 9.17) is 19.4 Å². The summed E-state index contributed by atoms with van der Waals surface area (Å²) in [7, 11) is 0. The van der Waals surface area contributed by atoms with Gasteiger partial charge >= 0.3 is 0 Å². The molecule has 0 saturated heterocycles. The van der Waals surface area contributed by atoms with Crippen LogP contribution >= 0.6 is 0 Å². The number of para-hydroxylation sites is 1. The molecule has 0 radical (unpaired) electrons. The summed E-state index contributed by atoms with van der Waals surface area (Å²) >= 11 is 0. The van der Waals surface area contributed by atoms with Crippen LogP contribution in [0, 0.1) is 0 Å². The Morgan fingerprint density at radius 3 is 1.92 bits per heavy atom. The first kappa shape index (κ1) is 27.0. The topological polar surface area (TPSA) is 51.8 Å². The van der Waals surface area contributed by atoms with Crippen LogP contribution in [0.1, 0.15) is 25.0 Å². The van der Waals surface area contributed by atoms with Gasteiger partial charge in [0.1, 0.15) is 11.2 Å². The van der Waals surface area contributed by atoms with Crippen molar-refractivity contribution in [2.45, 2.75) is 19.3 Å². The molecule has 0 amide bonds. The largest absolute Gasteiger partial charge is 0.456 e. The first-order valence-electron chi connectivity index (χ1n) is 16.4. The number of hydrogen-bond acceptors (Lipinski definition) is 4. The van der Waals surface area contributed by atoms with E-state index >= 15 is 0 Å². The zero-order chi connectivity index (χ0) is 32.0. The second kappa shape index (κ2) is 9.93. The SMILES string of the molecule is CC1(C)c2ccccc2-c2ccc(-c3nc(-c4cccc5ccc6ccccc6c45)nc(-c4cccc5oc6ccccc6c45)n3)cc21. The summed E-state index contributed by atoms with van der Waals surface area (Å²) in [4.78, 5) is 15.8. The maximum Gasteiger partial charge on any atom is 0.164 e. The van der Waals surface area contributed by atoms with Crippen LogP contribution in [0.2, 0.25) is 0 Å². The Bertz CT molecular complexity index is 2770. The van der Waals surface area contributed by atoms with Gasteiger partial charge in [-0.3, -0.25) is 0 Å². The van der Waals surface area contributed by atoms with Crippen molar-refractivity contribution in [3.05, 3.63) is 151 Å². The Morgan fingerprint density at radius 1 is 0.438 bits per heavy atom. The molecular formula is C44H29N3O. The van der Waals surface area contributed by atoms with Gasteiger partial charge in [0.25, 0.3) is 0 Å². The third-order valence-electron chi connectivity index (χ3n) is 10.1. The Morgan fingerprint density at radius 2 is 1.04 bits per heavy atom. The lowest BCUT2D eigenvalue weighted by molar-refractivity contribution is 0.660. The van der Waals surface area contributed by atoms with E-state index < -0.39 is 0 Å². The van der Waals surface area contributed by atoms with Crippen molar-refractivity contribution in [3.8, 4) is 45.3 Å². The van der Waals surface area contributed by atoms with Crippen LogP contribution in [0.3, 0.4) is 0 Å². The molecule has 0 bridgehead atoms. The summed E-state index contributed by atoms with van der Waals surface area (Å²) in [6, 6.07) is 48.9. The van der Waals surface area contributed by atoms with E-state index in [0.29, 0.717) is 17.5 Å². The highest BCUT2D eigenvalue weighted by Gasteiger charge is 2.35. The first-order valence-corrected chi connectivity index (χ1v) is 16.4. The maximum atomic E-state index is 6.28. The van der Waals surface area contributed by atoms with Gasteiger partial charge in [0.15, 0.2) is 17.5 Å². The van der Waals surface area contributed by atoms with Crippen molar-refractivity contribution in [1.82, 2.24) is 15.0 Å². The second-order valence-electron chi connectivity index (χ2n) is 13.2. The van der Waals surface area contributed by atoms with E-state index in [0.717, 1.165) is 49.4 Å². The van der Waals surface area contributed by atoms with E-state index in [1.165, 1.54) is 33.0 Å². The summed E-state index contributed by atoms with van der Waals surface area (Å²) in [5, 5.41) is 6.69. The van der Waals surface area contributed by atoms with Crippen molar-refractivity contribution in [2.75, 3.05) is 0 Å². The monoisotopic (exact) mass is 615 g/mol. The summed E-state index contributed by atoms with van der Waals surface area (Å²) < 4.78 is 6.28. The molecule has 9 aromatic rings. The molecular weight excluding hydrogens is 587 g/mol. The van der Waals surface area contributed by atoms with E-state index in [2.05, 4.69) is 123 Å². The number of rotatable bonds is 3. The standard InChI is InChI=1S/C44H29N3O/c1-44(2)35-18-7-5-14-30(35)31-24-23-28(25-36(31)44)41-45-42(33-16-9-12-27-22-21-26-11-3-4-13-29(26)39(27)33)47-43(46-41)34-17-10-20-38-40(34)32-15-6-8-19-37(32)48-38/h3-25H,1-2H3. The van der Waals surface area contributed by atoms with E-state index in [-0.39, 0.29) is 5.41 Å². The minimum Gasteiger partial charge on any atom is -0.456 e. The van der Waals surface area contributed by atoms with E-state index in [1.54, 1.807) is 0 Å². The molecule has 2 heterocycles. The predicted octanol–water partition coefficient (Wildman–Crippen LogP) is 11.4. The van der Waals surface area contributed by atoms with E-state index in [1.807, 2.05) is 30.3 Å². The summed E-state index contributed by atoms with van der Waals surface area (Å²) in [5.41, 5.74) is 9.56. The lowest BCUT2D eigenvalue weighted by Gasteiger charge is -2.21. The highest BCUT2D eigenvalue weighted by Crippen LogP contribution is 2.49. The summed E-state index contributed by atoms with van der Waals surface area (Å²) in [5.74, 6) is 1.91. The molecule has 0 aliphatic heterocycles. The third-order valence-corrected chi connectivity index (χ3v) is 10.1. The summed E-state index contributed by atoms with van der Waals surface area (Å²) in [6.45, 7) is 4.61. The fourth-order valence-electron chi connectivity index (χ4n) is 7.80. The number of aromatic nitrogens is 3. The number of hydrogen-bond donors (Lipinski definition) is 0. The lowest BCUT2D eigenvalue weighted by atomic mass is 9.82. The summed E-state index contributed by atoms with van der Waals surface area (Å²) in [6.07, 6.45) is 0. The Hall–Kier alpha value is -6.13. The molecule has 4 heteroatoms. The molecule has 0 spiro atoms. The zero-order valence-electron chi connectivity index (χ0n) is 26.5. The van der Waals surface area contributed by atoms with Gasteiger partial charge in [0.05, 0.1) is 0 Å². The smallest absolute Gasteiger partial charge is 0.164 e. The van der Waals surface area contributed by atoms with Gasteiger partial charge < -0.3 is 4.42 Å². The van der Waals surface area contributed by atoms with Crippen molar-refractivity contribution in [2.24, 2.45) is 0 Å². The number of nitrogens with zero attached hydrogens (tertiary/aromatic N) is 3. The predicted molar refractivity (Wildman–Crippen MR) is 196 cm³/mol. The molecule has 0 unspecified atom stereocenters. The highest BCUT2D eigenvalue weighted by molar-refractivity contribution is 6.14. The fraction of sp³-hybridized carbons (Fsp3) is 0.0682. The molecule has 7 aromatic carbocycles. The van der Waals surface area contributed by atoms with Crippen molar-refractivity contribution in [1.29, 1.82) is 0 Å². The second-order valence-corrected chi connectivity index (χ2v) is 13.2. The van der Waals surface area contributed by atoms with Gasteiger partial charge in [-0.15, -0.1) is 0 Å². The molecule has 226 valence electrons. The molecule has 10 rings (SSSR count). The van der Waals surface area contributed by atoms with Crippen LogP contribution in [0.5, 0.6) is 0 Å². The van der Waals surface area contributed by atoms with Gasteiger partial charge in [-0.25, -0.2) is 15.0 Å². The van der Waals surface area contributed by atoms with Crippen LogP contribution < -0.4 is 0 Å². The average Bonchev–Trinajstić information content (AvgIpc) is 3.63. The number of fused-ring (bicyclic) bond motifs is 9. The molecule has 0 saturated carbocycles. The van der Waals surface area contributed by atoms with Crippen molar-refractivity contribution >= 4 is 43.5 Å². The van der Waals surface area contributed by atoms with E-state index in [9.17, 15) is 0 Å². The van der Waals surface area contributed by atoms with Crippen LogP contribution in [0.15, 0.2) is 144 Å². The number of benzene rings is 7. The Balaban J connectivity index is 1.27. The lowest BCUT2D eigenvalue weighted by Crippen LogP contribution is -2.15. The quantitative estimate of drug-likeness (QED) is 0.186. The fourth-order valence-corrected chi connectivity index (χ4v) is 7.80. The normalized spacial score (nSPS) is 13.4. The van der Waals surface area contributed by atoms with Crippen LogP contribution in [-0.2, 0) is 5.41 Å². The molecule has 2 aromatic heterocycles. The van der Waals surface area contributed by atoms with Crippen LogP contribution in [-0.4, -0.2) is 15.0 Å². The zero-order valence-corrected chi connectivity index (χ0v) is 26.5. The van der Waals surface area contributed by atoms with Gasteiger partial charge in [0.2, 0.25) is 0 Å². The van der Waals surface area contributed by atoms with Gasteiger partial charge in [-0.1, -0.05) is 135 Å². The molecule has 48 heavy (non-hydrogen) atoms. The minimum atomic E-state index is -0.142. The van der Waals surface area contributed by atoms with Gasteiger partial charge in [-0.05, 0) is 56.6 Å². The molecule has 4 nitrogen and oxygen atoms in total. The minimum absolute atomic E-state index is 0.142. The van der Waals surface area contributed by atoms with Crippen LogP contribution in [0.25, 0.3) is 88.8 Å². The molecule has 0 atom stereocenters. The molecule has 1 aliphatic carbocycles. The molecule has 0 fully saturated rings. The van der Waals surface area contributed by atoms with Crippen LogP contribution in [0.4, 0.5) is 0 Å². The molecule has 0 N–H and O–H groups in total. The Labute approximate surface area is 277 Å². The highest BCUT2D eigenvalue weighted by atomic mass is 16.3. The average molecular weight is 616 g/mol. The van der Waals surface area contributed by atoms with Crippen molar-refractivity contribution < 1.29 is 4.42 Å². The molecule has 1 aliphatic rings. The van der Waals surface area contributed by atoms with Gasteiger partial charge in [-0.2, -0.15) is 0 Å². The Kier molecular flexibility index (Phi) is 5.59. The first-order chi connectivity index (χ1) is 23.5. The number of furan rings is 1.